The molecule has 0 fully saturated rings. The number of rotatable bonds is 2. The third kappa shape index (κ3) is 1.83. The van der Waals surface area contributed by atoms with Gasteiger partial charge in [0.1, 0.15) is 11.0 Å². The molecule has 0 saturated heterocycles. The van der Waals surface area contributed by atoms with Crippen LogP contribution in [0.3, 0.4) is 0 Å². The second kappa shape index (κ2) is 4.27. The lowest BCUT2D eigenvalue weighted by Crippen LogP contribution is -1.65. The van der Waals surface area contributed by atoms with Crippen molar-refractivity contribution >= 4 is 34.2 Å². The quantitative estimate of drug-likeness (QED) is 0.503. The van der Waals surface area contributed by atoms with E-state index in [9.17, 15) is 0 Å². The van der Waals surface area contributed by atoms with Gasteiger partial charge in [-0.05, 0) is 24.3 Å². The molecule has 6 heteroatoms. The third-order valence-corrected chi connectivity index (χ3v) is 2.79. The Morgan fingerprint density at radius 1 is 0.650 bits per heavy atom. The number of azo groups is 1. The van der Waals surface area contributed by atoms with Crippen molar-refractivity contribution in [1.82, 2.24) is 9.97 Å². The van der Waals surface area contributed by atoms with Crippen LogP contribution in [-0.4, -0.2) is 9.97 Å². The summed E-state index contributed by atoms with van der Waals surface area (Å²) in [5, 5.41) is 7.80. The fourth-order valence-corrected chi connectivity index (χ4v) is 1.89. The second-order valence-corrected chi connectivity index (χ2v) is 4.13. The van der Waals surface area contributed by atoms with Gasteiger partial charge in [0.05, 0.1) is 0 Å². The van der Waals surface area contributed by atoms with E-state index < -0.39 is 0 Å². The Hall–Kier alpha value is -3.02. The van der Waals surface area contributed by atoms with Gasteiger partial charge in [0, 0.05) is 0 Å². The first-order valence-electron chi connectivity index (χ1n) is 6.01. The zero-order valence-electron chi connectivity index (χ0n) is 10.2. The van der Waals surface area contributed by atoms with Crippen LogP contribution < -0.4 is 0 Å². The van der Waals surface area contributed by atoms with Gasteiger partial charge in [-0.2, -0.15) is 9.97 Å². The molecule has 2 aromatic carbocycles. The summed E-state index contributed by atoms with van der Waals surface area (Å²) in [7, 11) is 0. The maximum absolute atomic E-state index is 5.42. The topological polar surface area (TPSA) is 76.8 Å². The number of para-hydroxylation sites is 4. The fraction of sp³-hybridized carbons (Fsp3) is 0. The van der Waals surface area contributed by atoms with Crippen molar-refractivity contribution in [1.29, 1.82) is 0 Å². The van der Waals surface area contributed by atoms with Crippen molar-refractivity contribution < 1.29 is 8.83 Å². The number of oxazole rings is 2. The van der Waals surface area contributed by atoms with Crippen molar-refractivity contribution in [3.8, 4) is 0 Å². The van der Waals surface area contributed by atoms with Crippen LogP contribution in [0, 0.1) is 0 Å². The highest BCUT2D eigenvalue weighted by atomic mass is 16.4. The summed E-state index contributed by atoms with van der Waals surface area (Å²) in [5.74, 6) is 0. The Morgan fingerprint density at radius 3 is 1.55 bits per heavy atom. The van der Waals surface area contributed by atoms with E-state index in [2.05, 4.69) is 20.2 Å². The van der Waals surface area contributed by atoms with Crippen LogP contribution in [0.15, 0.2) is 67.6 Å². The predicted molar refractivity (Wildman–Crippen MR) is 72.2 cm³/mol. The normalized spacial score (nSPS) is 11.8. The summed E-state index contributed by atoms with van der Waals surface area (Å²) in [6, 6.07) is 15.2. The first-order chi connectivity index (χ1) is 9.88. The number of benzene rings is 2. The van der Waals surface area contributed by atoms with Crippen molar-refractivity contribution in [3.05, 3.63) is 48.5 Å². The van der Waals surface area contributed by atoms with E-state index >= 15 is 0 Å². The van der Waals surface area contributed by atoms with Gasteiger partial charge in [0.2, 0.25) is 0 Å². The van der Waals surface area contributed by atoms with Crippen LogP contribution in [0.2, 0.25) is 0 Å². The Balaban J connectivity index is 1.70. The lowest BCUT2D eigenvalue weighted by molar-refractivity contribution is 0.585. The summed E-state index contributed by atoms with van der Waals surface area (Å²) in [6.07, 6.45) is 0. The first kappa shape index (κ1) is 10.9. The molecule has 0 aliphatic rings. The Kier molecular flexibility index (Phi) is 2.32. The average Bonchev–Trinajstić information content (AvgIpc) is 3.07. The number of nitrogens with zero attached hydrogens (tertiary/aromatic N) is 4. The van der Waals surface area contributed by atoms with Crippen LogP contribution >= 0.6 is 0 Å². The van der Waals surface area contributed by atoms with Crippen molar-refractivity contribution in [2.75, 3.05) is 0 Å². The molecule has 20 heavy (non-hydrogen) atoms. The lowest BCUT2D eigenvalue weighted by atomic mass is 10.3. The van der Waals surface area contributed by atoms with Crippen LogP contribution in [-0.2, 0) is 0 Å². The van der Waals surface area contributed by atoms with Gasteiger partial charge in [0.25, 0.3) is 0 Å². The highest BCUT2D eigenvalue weighted by Gasteiger charge is 2.06. The molecular formula is C14H8N4O2. The summed E-state index contributed by atoms with van der Waals surface area (Å²) in [6.45, 7) is 0. The van der Waals surface area contributed by atoms with E-state index in [1.807, 2.05) is 48.5 Å². The maximum Gasteiger partial charge on any atom is 0.342 e. The molecule has 0 aliphatic carbocycles. The minimum atomic E-state index is 0.174. The van der Waals surface area contributed by atoms with Crippen LogP contribution in [0.5, 0.6) is 0 Å². The molecule has 2 heterocycles. The molecule has 4 aromatic rings. The number of hydrogen-bond acceptors (Lipinski definition) is 6. The number of aromatic nitrogens is 2. The SMILES string of the molecule is c1ccc2oc(N=Nc3nc4ccccc4o3)nc2c1. The molecule has 0 N–H and O–H groups in total. The van der Waals surface area contributed by atoms with Gasteiger partial charge >= 0.3 is 12.0 Å². The van der Waals surface area contributed by atoms with Gasteiger partial charge < -0.3 is 8.83 Å². The minimum absolute atomic E-state index is 0.174. The number of fused-ring (bicyclic) bond motifs is 2. The van der Waals surface area contributed by atoms with E-state index in [0.29, 0.717) is 11.2 Å². The van der Waals surface area contributed by atoms with Gasteiger partial charge in [-0.15, -0.1) is 0 Å². The molecular weight excluding hydrogens is 256 g/mol. The van der Waals surface area contributed by atoms with Gasteiger partial charge in [-0.3, -0.25) is 0 Å². The first-order valence-corrected chi connectivity index (χ1v) is 6.01. The Bertz CT molecular complexity index is 781. The van der Waals surface area contributed by atoms with Crippen LogP contribution in [0.1, 0.15) is 0 Å². The summed E-state index contributed by atoms with van der Waals surface area (Å²) < 4.78 is 10.8. The zero-order chi connectivity index (χ0) is 13.4. The average molecular weight is 264 g/mol. The fourth-order valence-electron chi connectivity index (χ4n) is 1.89. The largest absolute Gasteiger partial charge is 0.421 e. The van der Waals surface area contributed by atoms with E-state index in [-0.39, 0.29) is 12.0 Å². The summed E-state index contributed by atoms with van der Waals surface area (Å²) in [4.78, 5) is 8.37. The molecule has 0 unspecified atom stereocenters. The zero-order valence-corrected chi connectivity index (χ0v) is 10.2. The van der Waals surface area contributed by atoms with Crippen LogP contribution in [0.4, 0.5) is 12.0 Å². The van der Waals surface area contributed by atoms with Gasteiger partial charge in [0.15, 0.2) is 11.2 Å². The molecule has 0 spiro atoms. The monoisotopic (exact) mass is 264 g/mol. The Morgan fingerprint density at radius 2 is 1.10 bits per heavy atom. The summed E-state index contributed by atoms with van der Waals surface area (Å²) >= 11 is 0. The third-order valence-electron chi connectivity index (χ3n) is 2.79. The van der Waals surface area contributed by atoms with Gasteiger partial charge in [-0.25, -0.2) is 0 Å². The second-order valence-electron chi connectivity index (χ2n) is 4.13. The number of hydrogen-bond donors (Lipinski definition) is 0. The molecule has 0 bridgehead atoms. The maximum atomic E-state index is 5.42. The van der Waals surface area contributed by atoms with E-state index in [1.165, 1.54) is 0 Å². The molecule has 4 rings (SSSR count). The molecule has 0 radical (unpaired) electrons. The molecule has 0 amide bonds. The highest BCUT2D eigenvalue weighted by molar-refractivity contribution is 5.74. The smallest absolute Gasteiger partial charge is 0.342 e. The molecule has 2 aromatic heterocycles. The molecule has 6 nitrogen and oxygen atoms in total. The standard InChI is InChI=1S/C14H8N4O2/c1-3-7-11-9(5-1)15-13(19-11)17-18-14-16-10-6-2-4-8-12(10)20-14/h1-8H. The van der Waals surface area contributed by atoms with E-state index in [4.69, 9.17) is 8.83 Å². The lowest BCUT2D eigenvalue weighted by Gasteiger charge is -1.80. The molecule has 0 atom stereocenters. The highest BCUT2D eigenvalue weighted by Crippen LogP contribution is 2.24. The summed E-state index contributed by atoms with van der Waals surface area (Å²) in [5.41, 5.74) is 2.80. The molecule has 0 saturated carbocycles. The van der Waals surface area contributed by atoms with E-state index in [0.717, 1.165) is 11.0 Å². The predicted octanol–water partition coefficient (Wildman–Crippen LogP) is 4.38. The van der Waals surface area contributed by atoms with Crippen LogP contribution in [0.25, 0.3) is 22.2 Å². The van der Waals surface area contributed by atoms with Crippen molar-refractivity contribution in [2.45, 2.75) is 0 Å². The van der Waals surface area contributed by atoms with Crippen molar-refractivity contribution in [2.24, 2.45) is 10.2 Å². The molecule has 0 aliphatic heterocycles. The Labute approximate surface area is 112 Å². The van der Waals surface area contributed by atoms with Gasteiger partial charge in [-0.1, -0.05) is 34.5 Å². The van der Waals surface area contributed by atoms with E-state index in [1.54, 1.807) is 0 Å². The minimum Gasteiger partial charge on any atom is -0.421 e. The van der Waals surface area contributed by atoms with Crippen molar-refractivity contribution in [3.63, 3.8) is 0 Å². The molecule has 96 valence electrons.